The third kappa shape index (κ3) is 2.07. The van der Waals surface area contributed by atoms with Crippen molar-refractivity contribution in [2.24, 2.45) is 0 Å². The van der Waals surface area contributed by atoms with Crippen LogP contribution in [0.1, 0.15) is 24.7 Å². The lowest BCUT2D eigenvalue weighted by Gasteiger charge is -2.24. The fourth-order valence-electron chi connectivity index (χ4n) is 2.07. The van der Waals surface area contributed by atoms with Gasteiger partial charge in [0.1, 0.15) is 16.6 Å². The molecule has 3 aromatic heterocycles. The monoisotopic (exact) mass is 290 g/mol. The van der Waals surface area contributed by atoms with E-state index in [4.69, 9.17) is 0 Å². The van der Waals surface area contributed by atoms with Crippen molar-refractivity contribution in [3.05, 3.63) is 39.0 Å². The summed E-state index contributed by atoms with van der Waals surface area (Å²) < 4.78 is 1.43. The molecule has 0 bridgehead atoms. The molecule has 0 saturated heterocycles. The number of rotatable bonds is 3. The average molecular weight is 290 g/mol. The Morgan fingerprint density at radius 2 is 2.25 bits per heavy atom. The lowest BCUT2D eigenvalue weighted by atomic mass is 10.1. The number of anilines is 1. The van der Waals surface area contributed by atoms with Crippen molar-refractivity contribution in [3.8, 4) is 0 Å². The number of aromatic nitrogens is 5. The maximum absolute atomic E-state index is 11.6. The van der Waals surface area contributed by atoms with E-state index in [2.05, 4.69) is 25.5 Å². The van der Waals surface area contributed by atoms with Crippen LogP contribution in [-0.4, -0.2) is 24.6 Å². The number of fused-ring (bicyclic) bond motifs is 1. The van der Waals surface area contributed by atoms with E-state index >= 15 is 0 Å². The first-order chi connectivity index (χ1) is 9.47. The predicted molar refractivity (Wildman–Crippen MR) is 77.1 cm³/mol. The summed E-state index contributed by atoms with van der Waals surface area (Å²) in [5.41, 5.74) is -0.0848. The zero-order valence-electron chi connectivity index (χ0n) is 11.3. The number of aryl methyl sites for hydroxylation is 1. The van der Waals surface area contributed by atoms with Gasteiger partial charge in [0, 0.05) is 17.6 Å². The molecule has 20 heavy (non-hydrogen) atoms. The molecular formula is C12H14N6OS. The summed E-state index contributed by atoms with van der Waals surface area (Å²) >= 11 is 1.58. The molecule has 104 valence electrons. The van der Waals surface area contributed by atoms with Gasteiger partial charge in [-0.05, 0) is 20.8 Å². The molecule has 3 aromatic rings. The maximum atomic E-state index is 11.6. The van der Waals surface area contributed by atoms with Gasteiger partial charge in [-0.25, -0.2) is 24.3 Å². The maximum Gasteiger partial charge on any atom is 0.349 e. The van der Waals surface area contributed by atoms with Gasteiger partial charge in [0.2, 0.25) is 0 Å². The van der Waals surface area contributed by atoms with Gasteiger partial charge in [0.15, 0.2) is 5.65 Å². The largest absolute Gasteiger partial charge is 0.359 e. The van der Waals surface area contributed by atoms with Crippen LogP contribution in [0.3, 0.4) is 0 Å². The van der Waals surface area contributed by atoms with Gasteiger partial charge in [0.05, 0.1) is 5.54 Å². The van der Waals surface area contributed by atoms with Crippen LogP contribution in [0.15, 0.2) is 22.4 Å². The van der Waals surface area contributed by atoms with Crippen molar-refractivity contribution >= 4 is 22.8 Å². The van der Waals surface area contributed by atoms with Crippen molar-refractivity contribution in [3.63, 3.8) is 0 Å². The lowest BCUT2D eigenvalue weighted by molar-refractivity contribution is 0.600. The summed E-state index contributed by atoms with van der Waals surface area (Å²) in [5, 5.41) is 12.6. The summed E-state index contributed by atoms with van der Waals surface area (Å²) in [6, 6.07) is 1.74. The molecule has 0 saturated carbocycles. The van der Waals surface area contributed by atoms with Crippen LogP contribution in [0.4, 0.5) is 5.82 Å². The minimum absolute atomic E-state index is 0.282. The highest BCUT2D eigenvalue weighted by atomic mass is 32.1. The van der Waals surface area contributed by atoms with E-state index in [1.165, 1.54) is 4.40 Å². The Balaban J connectivity index is 2.01. The molecule has 0 radical (unpaired) electrons. The Morgan fingerprint density at radius 3 is 2.95 bits per heavy atom. The molecule has 2 N–H and O–H groups in total. The molecule has 7 nitrogen and oxygen atoms in total. The molecular weight excluding hydrogens is 276 g/mol. The van der Waals surface area contributed by atoms with Gasteiger partial charge in [-0.3, -0.25) is 0 Å². The van der Waals surface area contributed by atoms with E-state index in [0.29, 0.717) is 17.3 Å². The molecule has 0 fully saturated rings. The summed E-state index contributed by atoms with van der Waals surface area (Å²) in [6.45, 7) is 5.83. The van der Waals surface area contributed by atoms with Crippen LogP contribution in [0.25, 0.3) is 5.65 Å². The molecule has 0 spiro atoms. The van der Waals surface area contributed by atoms with Gasteiger partial charge in [-0.15, -0.1) is 11.3 Å². The van der Waals surface area contributed by atoms with Crippen LogP contribution in [-0.2, 0) is 5.54 Å². The molecule has 0 amide bonds. The Kier molecular flexibility index (Phi) is 2.82. The quantitative estimate of drug-likeness (QED) is 0.763. The predicted octanol–water partition coefficient (Wildman–Crippen LogP) is 1.53. The number of hydrogen-bond acceptors (Lipinski definition) is 6. The van der Waals surface area contributed by atoms with E-state index in [-0.39, 0.29) is 11.2 Å². The minimum Gasteiger partial charge on any atom is -0.359 e. The van der Waals surface area contributed by atoms with Crippen LogP contribution in [0.5, 0.6) is 0 Å². The Hall–Kier alpha value is -2.22. The number of hydrogen-bond donors (Lipinski definition) is 2. The second-order valence-corrected chi connectivity index (χ2v) is 5.89. The molecule has 0 aromatic carbocycles. The molecule has 3 rings (SSSR count). The number of H-pyrrole nitrogens is 1. The smallest absolute Gasteiger partial charge is 0.349 e. The zero-order chi connectivity index (χ0) is 14.3. The van der Waals surface area contributed by atoms with Gasteiger partial charge in [-0.2, -0.15) is 5.10 Å². The highest BCUT2D eigenvalue weighted by Crippen LogP contribution is 2.26. The molecule has 0 aliphatic rings. The fraction of sp³-hybridized carbons (Fsp3) is 0.333. The highest BCUT2D eigenvalue weighted by molar-refractivity contribution is 7.09. The van der Waals surface area contributed by atoms with Crippen molar-refractivity contribution in [1.29, 1.82) is 0 Å². The van der Waals surface area contributed by atoms with Gasteiger partial charge >= 0.3 is 5.69 Å². The van der Waals surface area contributed by atoms with Gasteiger partial charge < -0.3 is 5.32 Å². The molecule has 3 heterocycles. The molecule has 8 heteroatoms. The SMILES string of the molecule is Cc1nc(NC(C)(C)c2nccs2)cc2n[nH]c(=O)n12. The average Bonchev–Trinajstić information content (AvgIpc) is 2.98. The topological polar surface area (TPSA) is 88.0 Å². The standard InChI is InChI=1S/C12H14N6OS/c1-7-14-8(6-9-16-17-11(19)18(7)9)15-12(2,3)10-13-4-5-20-10/h4-6,15H,1-3H3,(H,17,19). The van der Waals surface area contributed by atoms with Crippen LogP contribution in [0.2, 0.25) is 0 Å². The molecule has 0 atom stereocenters. The van der Waals surface area contributed by atoms with E-state index < -0.39 is 0 Å². The van der Waals surface area contributed by atoms with E-state index in [9.17, 15) is 4.79 Å². The summed E-state index contributed by atoms with van der Waals surface area (Å²) in [5.74, 6) is 1.24. The molecule has 0 unspecified atom stereocenters. The number of aromatic amines is 1. The van der Waals surface area contributed by atoms with Crippen molar-refractivity contribution in [2.75, 3.05) is 5.32 Å². The second-order valence-electron chi connectivity index (χ2n) is 5.00. The second kappa shape index (κ2) is 4.41. The molecule has 0 aliphatic carbocycles. The third-order valence-corrected chi connectivity index (χ3v) is 4.07. The van der Waals surface area contributed by atoms with E-state index in [0.717, 1.165) is 5.01 Å². The van der Waals surface area contributed by atoms with Crippen LogP contribution < -0.4 is 11.0 Å². The first kappa shape index (κ1) is 12.8. The lowest BCUT2D eigenvalue weighted by Crippen LogP contribution is -2.28. The summed E-state index contributed by atoms with van der Waals surface area (Å²) in [6.07, 6.45) is 1.78. The minimum atomic E-state index is -0.345. The number of thiazole rings is 1. The van der Waals surface area contributed by atoms with E-state index in [1.54, 1.807) is 30.5 Å². The van der Waals surface area contributed by atoms with Crippen molar-refractivity contribution in [1.82, 2.24) is 24.6 Å². The zero-order valence-corrected chi connectivity index (χ0v) is 12.2. The Labute approximate surface area is 118 Å². The van der Waals surface area contributed by atoms with Crippen LogP contribution in [0, 0.1) is 6.92 Å². The summed E-state index contributed by atoms with van der Waals surface area (Å²) in [7, 11) is 0. The molecule has 0 aliphatic heterocycles. The fourth-order valence-corrected chi connectivity index (χ4v) is 2.79. The Bertz CT molecular complexity index is 801. The van der Waals surface area contributed by atoms with Crippen LogP contribution >= 0.6 is 11.3 Å². The third-order valence-electron chi connectivity index (χ3n) is 2.98. The highest BCUT2D eigenvalue weighted by Gasteiger charge is 2.24. The first-order valence-corrected chi connectivity index (χ1v) is 6.98. The van der Waals surface area contributed by atoms with Gasteiger partial charge in [0.25, 0.3) is 0 Å². The van der Waals surface area contributed by atoms with Gasteiger partial charge in [-0.1, -0.05) is 0 Å². The first-order valence-electron chi connectivity index (χ1n) is 6.10. The normalized spacial score (nSPS) is 11.9. The number of nitrogens with one attached hydrogen (secondary N) is 2. The Morgan fingerprint density at radius 1 is 1.45 bits per heavy atom. The summed E-state index contributed by atoms with van der Waals surface area (Å²) in [4.78, 5) is 20.3. The number of nitrogens with zero attached hydrogens (tertiary/aromatic N) is 4. The van der Waals surface area contributed by atoms with E-state index in [1.807, 2.05) is 19.2 Å². The van der Waals surface area contributed by atoms with Crippen molar-refractivity contribution in [2.45, 2.75) is 26.3 Å². The van der Waals surface area contributed by atoms with Crippen molar-refractivity contribution < 1.29 is 0 Å².